The Kier molecular flexibility index (Phi) is 3.05. The predicted octanol–water partition coefficient (Wildman–Crippen LogP) is -1.02. The average molecular weight is 275 g/mol. The minimum absolute atomic E-state index is 0.647. The van der Waals surface area contributed by atoms with Crippen molar-refractivity contribution in [3.05, 3.63) is 0 Å². The second-order valence-electron chi connectivity index (χ2n) is 2.65. The van der Waals surface area contributed by atoms with Gasteiger partial charge in [0, 0.05) is 24.8 Å². The molecule has 1 heterocycles. The van der Waals surface area contributed by atoms with Gasteiger partial charge in [-0.05, 0) is 0 Å². The number of halogens is 1. The Hall–Kier alpha value is -0.710. The maximum Gasteiger partial charge on any atom is 0.296 e. The van der Waals surface area contributed by atoms with E-state index in [0.717, 1.165) is 4.31 Å². The van der Waals surface area contributed by atoms with Crippen LogP contribution in [0.25, 0.3) is 0 Å². The van der Waals surface area contributed by atoms with Gasteiger partial charge in [-0.3, -0.25) is 0 Å². The maximum atomic E-state index is 11.4. The van der Waals surface area contributed by atoms with Crippen LogP contribution in [0.5, 0.6) is 0 Å². The monoisotopic (exact) mass is 274 g/mol. The minimum atomic E-state index is -4.11. The number of nitrogens with zero attached hydrogens (tertiary/aromatic N) is 3. The van der Waals surface area contributed by atoms with Gasteiger partial charge in [0.1, 0.15) is 0 Å². The number of H-pyrrole nitrogens is 1. The molecule has 1 aromatic rings. The van der Waals surface area contributed by atoms with Crippen LogP contribution in [0, 0.1) is 0 Å². The first-order valence-electron chi connectivity index (χ1n) is 3.45. The average Bonchev–Trinajstić information content (AvgIpc) is 2.50. The fourth-order valence-electron chi connectivity index (χ4n) is 0.620. The number of hydrogen-bond donors (Lipinski definition) is 1. The van der Waals surface area contributed by atoms with Gasteiger partial charge in [-0.25, -0.2) is 26.2 Å². The van der Waals surface area contributed by atoms with E-state index in [9.17, 15) is 16.8 Å². The van der Waals surface area contributed by atoms with Gasteiger partial charge in [-0.15, -0.1) is 5.10 Å². The quantitative estimate of drug-likeness (QED) is 0.706. The molecule has 0 aliphatic rings. The molecular weight excluding hydrogens is 268 g/mol. The Balaban J connectivity index is 3.28. The van der Waals surface area contributed by atoms with Crippen molar-refractivity contribution in [2.75, 3.05) is 14.1 Å². The Bertz CT molecular complexity index is 559. The molecule has 11 heteroatoms. The van der Waals surface area contributed by atoms with Crippen LogP contribution in [0.1, 0.15) is 0 Å². The van der Waals surface area contributed by atoms with Crippen molar-refractivity contribution in [1.29, 1.82) is 0 Å². The minimum Gasteiger partial charge on any atom is -0.248 e. The van der Waals surface area contributed by atoms with E-state index in [1.807, 2.05) is 5.10 Å². The third kappa shape index (κ3) is 2.45. The lowest BCUT2D eigenvalue weighted by Gasteiger charge is -2.05. The summed E-state index contributed by atoms with van der Waals surface area (Å²) in [6.45, 7) is 0. The highest BCUT2D eigenvalue weighted by molar-refractivity contribution is 8.13. The lowest BCUT2D eigenvalue weighted by atomic mass is 11.3. The van der Waals surface area contributed by atoms with Crippen molar-refractivity contribution in [2.24, 2.45) is 0 Å². The molecule has 0 saturated carbocycles. The zero-order valence-electron chi connectivity index (χ0n) is 7.67. The fourth-order valence-corrected chi connectivity index (χ4v) is 1.93. The van der Waals surface area contributed by atoms with Crippen LogP contribution in [-0.2, 0) is 19.1 Å². The number of hydrogen-bond acceptors (Lipinski definition) is 6. The Morgan fingerprint density at radius 2 is 1.80 bits per heavy atom. The molecule has 1 N–H and O–H groups in total. The summed E-state index contributed by atoms with van der Waals surface area (Å²) in [6, 6.07) is 0. The fraction of sp³-hybridized carbons (Fsp3) is 0.500. The van der Waals surface area contributed by atoms with Gasteiger partial charge in [0.25, 0.3) is 29.4 Å². The highest BCUT2D eigenvalue weighted by atomic mass is 35.7. The van der Waals surface area contributed by atoms with Crippen molar-refractivity contribution >= 4 is 29.8 Å². The number of sulfonamides is 1. The van der Waals surface area contributed by atoms with E-state index in [1.54, 1.807) is 0 Å². The molecule has 0 unspecified atom stereocenters. The molecule has 8 nitrogen and oxygen atoms in total. The van der Waals surface area contributed by atoms with Crippen LogP contribution in [0.15, 0.2) is 10.3 Å². The first kappa shape index (κ1) is 12.4. The van der Waals surface area contributed by atoms with Crippen LogP contribution in [-0.4, -0.2) is 50.4 Å². The Labute approximate surface area is 90.7 Å². The molecule has 0 bridgehead atoms. The van der Waals surface area contributed by atoms with E-state index in [-0.39, 0.29) is 0 Å². The molecule has 0 aromatic carbocycles. The van der Waals surface area contributed by atoms with Gasteiger partial charge in [0.15, 0.2) is 0 Å². The summed E-state index contributed by atoms with van der Waals surface area (Å²) in [5.41, 5.74) is 0. The first-order chi connectivity index (χ1) is 6.65. The van der Waals surface area contributed by atoms with E-state index in [1.165, 1.54) is 14.1 Å². The number of aromatic nitrogens is 3. The van der Waals surface area contributed by atoms with Gasteiger partial charge in [-0.1, -0.05) is 0 Å². The molecule has 0 saturated heterocycles. The molecule has 1 rings (SSSR count). The topological polar surface area (TPSA) is 113 Å². The molecule has 0 aliphatic carbocycles. The molecule has 15 heavy (non-hydrogen) atoms. The van der Waals surface area contributed by atoms with Crippen molar-refractivity contribution in [3.8, 4) is 0 Å². The molecule has 0 aliphatic heterocycles. The first-order valence-corrected chi connectivity index (χ1v) is 7.20. The highest BCUT2D eigenvalue weighted by Gasteiger charge is 2.26. The van der Waals surface area contributed by atoms with Crippen molar-refractivity contribution in [2.45, 2.75) is 10.3 Å². The number of nitrogens with one attached hydrogen (secondary N) is 1. The summed E-state index contributed by atoms with van der Waals surface area (Å²) < 4.78 is 45.2. The van der Waals surface area contributed by atoms with Crippen LogP contribution in [0.3, 0.4) is 0 Å². The molecule has 0 amide bonds. The molecule has 1 aromatic heterocycles. The van der Waals surface area contributed by atoms with Crippen molar-refractivity contribution < 1.29 is 16.8 Å². The Morgan fingerprint density at radius 1 is 1.27 bits per heavy atom. The summed E-state index contributed by atoms with van der Waals surface area (Å²) in [4.78, 5) is 3.26. The maximum absolute atomic E-state index is 11.4. The van der Waals surface area contributed by atoms with E-state index in [2.05, 4.69) is 10.1 Å². The Morgan fingerprint density at radius 3 is 2.13 bits per heavy atom. The number of rotatable bonds is 3. The molecule has 0 radical (unpaired) electrons. The highest BCUT2D eigenvalue weighted by Crippen LogP contribution is 2.12. The normalized spacial score (nSPS) is 13.3. The smallest absolute Gasteiger partial charge is 0.248 e. The SMILES string of the molecule is CN(C)S(=O)(=O)c1n[nH]c(S(=O)(=O)Cl)n1. The second-order valence-corrected chi connectivity index (χ2v) is 7.18. The van der Waals surface area contributed by atoms with Crippen LogP contribution in [0.4, 0.5) is 0 Å². The largest absolute Gasteiger partial charge is 0.296 e. The second kappa shape index (κ2) is 3.70. The van der Waals surface area contributed by atoms with Gasteiger partial charge in [0.05, 0.1) is 0 Å². The standard InChI is InChI=1S/C4H7ClN4O4S2/c1-9(2)15(12,13)4-6-3(7-8-4)14(5,10)11/h1-2H3,(H,6,7,8). The lowest BCUT2D eigenvalue weighted by molar-refractivity contribution is 0.512. The molecule has 0 spiro atoms. The summed E-state index contributed by atoms with van der Waals surface area (Å²) in [5, 5.41) is 3.82. The summed E-state index contributed by atoms with van der Waals surface area (Å²) in [6.07, 6.45) is 0. The van der Waals surface area contributed by atoms with Crippen molar-refractivity contribution in [1.82, 2.24) is 19.5 Å². The van der Waals surface area contributed by atoms with E-state index in [4.69, 9.17) is 10.7 Å². The van der Waals surface area contributed by atoms with Gasteiger partial charge < -0.3 is 0 Å². The summed E-state index contributed by atoms with van der Waals surface area (Å²) in [7, 11) is -0.507. The lowest BCUT2D eigenvalue weighted by Crippen LogP contribution is -2.23. The molecule has 0 atom stereocenters. The van der Waals surface area contributed by atoms with E-state index in [0.29, 0.717) is 0 Å². The van der Waals surface area contributed by atoms with E-state index >= 15 is 0 Å². The molecule has 86 valence electrons. The van der Waals surface area contributed by atoms with Crippen molar-refractivity contribution in [3.63, 3.8) is 0 Å². The zero-order chi connectivity index (χ0) is 11.9. The molecular formula is C4H7ClN4O4S2. The predicted molar refractivity (Wildman–Crippen MR) is 50.3 cm³/mol. The summed E-state index contributed by atoms with van der Waals surface area (Å²) >= 11 is 0. The number of aromatic amines is 1. The summed E-state index contributed by atoms with van der Waals surface area (Å²) in [5.74, 6) is 0. The molecule has 0 fully saturated rings. The van der Waals surface area contributed by atoms with Gasteiger partial charge in [0.2, 0.25) is 0 Å². The van der Waals surface area contributed by atoms with Crippen LogP contribution >= 0.6 is 10.7 Å². The van der Waals surface area contributed by atoms with Gasteiger partial charge >= 0.3 is 0 Å². The zero-order valence-corrected chi connectivity index (χ0v) is 10.1. The van der Waals surface area contributed by atoms with Gasteiger partial charge in [-0.2, -0.15) is 4.98 Å². The van der Waals surface area contributed by atoms with Crippen LogP contribution in [0.2, 0.25) is 0 Å². The third-order valence-electron chi connectivity index (χ3n) is 1.39. The van der Waals surface area contributed by atoms with Crippen LogP contribution < -0.4 is 0 Å². The van der Waals surface area contributed by atoms with E-state index < -0.39 is 29.4 Å². The third-order valence-corrected chi connectivity index (χ3v) is 4.08.